The average molecular weight is 348 g/mol. The van der Waals surface area contributed by atoms with Gasteiger partial charge in [0.1, 0.15) is 5.69 Å². The third-order valence-electron chi connectivity index (χ3n) is 4.25. The van der Waals surface area contributed by atoms with Crippen molar-refractivity contribution in [3.8, 4) is 0 Å². The van der Waals surface area contributed by atoms with Crippen molar-refractivity contribution in [2.75, 3.05) is 13.1 Å². The van der Waals surface area contributed by atoms with Crippen LogP contribution in [-0.4, -0.2) is 39.0 Å². The molecule has 0 aliphatic carbocycles. The number of primary amides is 1. The summed E-state index contributed by atoms with van der Waals surface area (Å²) in [5.74, 6) is 0.582. The number of hydrogen-bond donors (Lipinski definition) is 2. The maximum Gasteiger partial charge on any atom is 0.312 e. The first-order chi connectivity index (χ1) is 11.6. The summed E-state index contributed by atoms with van der Waals surface area (Å²) in [6.45, 7) is 6.64. The smallest absolute Gasteiger partial charge is 0.312 e. The number of nitrogens with zero attached hydrogens (tertiary/aromatic N) is 4. The Morgan fingerprint density at radius 2 is 2.38 bits per heavy atom. The van der Waals surface area contributed by atoms with Crippen molar-refractivity contribution in [2.45, 2.75) is 39.4 Å². The number of urea groups is 1. The van der Waals surface area contributed by atoms with E-state index < -0.39 is 6.03 Å². The van der Waals surface area contributed by atoms with Gasteiger partial charge in [0.25, 0.3) is 0 Å². The number of nitrogens with two attached hydrogens (primary N) is 1. The average Bonchev–Trinajstić information content (AvgIpc) is 3.15. The first kappa shape index (κ1) is 16.9. The van der Waals surface area contributed by atoms with Crippen LogP contribution in [0.2, 0.25) is 0 Å². The standard InChI is InChI=1S/C16H24N6OS/c1-12-4-5-15(24-12)11-21-6-2-3-13(8-21)9-22-10-14(19-20-22)7-18-16(17)23/h4-5,10,13H,2-3,6-9,11H2,1H3,(H3,17,18,23)/t13-/m0/s1. The largest absolute Gasteiger partial charge is 0.352 e. The molecule has 1 fully saturated rings. The molecule has 3 rings (SSSR count). The number of aromatic nitrogens is 3. The molecule has 1 atom stereocenters. The Kier molecular flexibility index (Phi) is 5.47. The second-order valence-electron chi connectivity index (χ2n) is 6.41. The molecule has 3 heterocycles. The van der Waals surface area contributed by atoms with Crippen molar-refractivity contribution in [3.05, 3.63) is 33.8 Å². The molecule has 0 spiro atoms. The third-order valence-corrected chi connectivity index (χ3v) is 5.24. The molecule has 0 saturated carbocycles. The quantitative estimate of drug-likeness (QED) is 0.832. The normalized spacial score (nSPS) is 18.6. The monoisotopic (exact) mass is 348 g/mol. The van der Waals surface area contributed by atoms with Crippen LogP contribution in [0.4, 0.5) is 4.79 Å². The first-order valence-corrected chi connectivity index (χ1v) is 9.10. The van der Waals surface area contributed by atoms with E-state index in [0.29, 0.717) is 12.5 Å². The number of piperidine rings is 1. The van der Waals surface area contributed by atoms with Crippen molar-refractivity contribution < 1.29 is 4.79 Å². The number of thiophene rings is 1. The molecule has 7 nitrogen and oxygen atoms in total. The molecule has 1 aliphatic heterocycles. The molecule has 3 N–H and O–H groups in total. The molecule has 0 aromatic carbocycles. The summed E-state index contributed by atoms with van der Waals surface area (Å²) in [5, 5.41) is 10.8. The van der Waals surface area contributed by atoms with E-state index in [4.69, 9.17) is 5.73 Å². The van der Waals surface area contributed by atoms with Crippen molar-refractivity contribution in [1.82, 2.24) is 25.2 Å². The SMILES string of the molecule is Cc1ccc(CN2CCC[C@H](Cn3cc(CNC(N)=O)nn3)C2)s1. The highest BCUT2D eigenvalue weighted by atomic mass is 32.1. The molecule has 24 heavy (non-hydrogen) atoms. The van der Waals surface area contributed by atoms with Gasteiger partial charge in [-0.15, -0.1) is 16.4 Å². The van der Waals surface area contributed by atoms with E-state index in [2.05, 4.69) is 39.6 Å². The molecule has 1 saturated heterocycles. The van der Waals surface area contributed by atoms with Gasteiger partial charge in [-0.25, -0.2) is 4.79 Å². The van der Waals surface area contributed by atoms with Crippen LogP contribution in [0.3, 0.4) is 0 Å². The number of hydrogen-bond acceptors (Lipinski definition) is 5. The van der Waals surface area contributed by atoms with Crippen LogP contribution >= 0.6 is 11.3 Å². The minimum Gasteiger partial charge on any atom is -0.352 e. The summed E-state index contributed by atoms with van der Waals surface area (Å²) in [7, 11) is 0. The van der Waals surface area contributed by atoms with E-state index >= 15 is 0 Å². The van der Waals surface area contributed by atoms with Crippen LogP contribution in [-0.2, 0) is 19.6 Å². The Morgan fingerprint density at radius 1 is 1.50 bits per heavy atom. The predicted octanol–water partition coefficient (Wildman–Crippen LogP) is 1.73. The zero-order valence-electron chi connectivity index (χ0n) is 13.9. The van der Waals surface area contributed by atoms with Crippen LogP contribution in [0.15, 0.2) is 18.3 Å². The molecule has 2 aromatic heterocycles. The topological polar surface area (TPSA) is 89.1 Å². The fourth-order valence-corrected chi connectivity index (χ4v) is 4.12. The molecule has 2 aromatic rings. The van der Waals surface area contributed by atoms with Gasteiger partial charge >= 0.3 is 6.03 Å². The number of likely N-dealkylation sites (tertiary alicyclic amines) is 1. The molecular weight excluding hydrogens is 324 g/mol. The molecule has 1 aliphatic rings. The fourth-order valence-electron chi connectivity index (χ4n) is 3.19. The molecule has 130 valence electrons. The number of nitrogens with one attached hydrogen (secondary N) is 1. The van der Waals surface area contributed by atoms with Gasteiger partial charge in [0.15, 0.2) is 0 Å². The zero-order chi connectivity index (χ0) is 16.9. The van der Waals surface area contributed by atoms with E-state index in [1.54, 1.807) is 0 Å². The lowest BCUT2D eigenvalue weighted by Gasteiger charge is -2.32. The second kappa shape index (κ2) is 7.76. The van der Waals surface area contributed by atoms with Gasteiger partial charge in [-0.1, -0.05) is 5.21 Å². The minimum absolute atomic E-state index is 0.323. The van der Waals surface area contributed by atoms with Crippen molar-refractivity contribution in [1.29, 1.82) is 0 Å². The Balaban J connectivity index is 1.50. The fraction of sp³-hybridized carbons (Fsp3) is 0.562. The van der Waals surface area contributed by atoms with E-state index in [0.717, 1.165) is 25.3 Å². The van der Waals surface area contributed by atoms with E-state index in [1.165, 1.54) is 29.1 Å². The van der Waals surface area contributed by atoms with Crippen molar-refractivity contribution in [2.24, 2.45) is 11.7 Å². The lowest BCUT2D eigenvalue weighted by atomic mass is 9.98. The lowest BCUT2D eigenvalue weighted by molar-refractivity contribution is 0.154. The maximum absolute atomic E-state index is 10.7. The summed E-state index contributed by atoms with van der Waals surface area (Å²) in [6.07, 6.45) is 4.33. The van der Waals surface area contributed by atoms with Crippen molar-refractivity contribution >= 4 is 17.4 Å². The molecular formula is C16H24N6OS. The van der Waals surface area contributed by atoms with Crippen LogP contribution in [0, 0.1) is 12.8 Å². The lowest BCUT2D eigenvalue weighted by Crippen LogP contribution is -2.36. The Morgan fingerprint density at radius 3 is 3.12 bits per heavy atom. The van der Waals surface area contributed by atoms with Crippen LogP contribution < -0.4 is 11.1 Å². The zero-order valence-corrected chi connectivity index (χ0v) is 14.8. The maximum atomic E-state index is 10.7. The highest BCUT2D eigenvalue weighted by molar-refractivity contribution is 7.11. The second-order valence-corrected chi connectivity index (χ2v) is 7.78. The number of carbonyl (C=O) groups is 1. The van der Waals surface area contributed by atoms with Crippen molar-refractivity contribution in [3.63, 3.8) is 0 Å². The third kappa shape index (κ3) is 4.78. The Bertz CT molecular complexity index is 682. The number of amides is 2. The van der Waals surface area contributed by atoms with Gasteiger partial charge in [-0.2, -0.15) is 0 Å². The summed E-state index contributed by atoms with van der Waals surface area (Å²) in [4.78, 5) is 16.1. The Hall–Kier alpha value is -1.93. The summed E-state index contributed by atoms with van der Waals surface area (Å²) in [6, 6.07) is 3.88. The van der Waals surface area contributed by atoms with Gasteiger partial charge in [0, 0.05) is 29.4 Å². The van der Waals surface area contributed by atoms with E-state index in [1.807, 2.05) is 22.2 Å². The van der Waals surface area contributed by atoms with Gasteiger partial charge in [0.2, 0.25) is 0 Å². The van der Waals surface area contributed by atoms with Gasteiger partial charge in [0.05, 0.1) is 12.7 Å². The predicted molar refractivity (Wildman–Crippen MR) is 93.5 cm³/mol. The molecule has 0 unspecified atom stereocenters. The van der Waals surface area contributed by atoms with Crippen LogP contribution in [0.5, 0.6) is 0 Å². The van der Waals surface area contributed by atoms with E-state index in [9.17, 15) is 4.79 Å². The first-order valence-electron chi connectivity index (χ1n) is 8.28. The minimum atomic E-state index is -0.545. The summed E-state index contributed by atoms with van der Waals surface area (Å²) in [5.41, 5.74) is 5.80. The van der Waals surface area contributed by atoms with E-state index in [-0.39, 0.29) is 0 Å². The number of rotatable bonds is 6. The highest BCUT2D eigenvalue weighted by Crippen LogP contribution is 2.23. The van der Waals surface area contributed by atoms with Gasteiger partial charge in [-0.3, -0.25) is 9.58 Å². The summed E-state index contributed by atoms with van der Waals surface area (Å²) >= 11 is 1.88. The number of aryl methyl sites for hydroxylation is 1. The number of carbonyl (C=O) groups excluding carboxylic acids is 1. The molecule has 8 heteroatoms. The van der Waals surface area contributed by atoms with Crippen LogP contribution in [0.25, 0.3) is 0 Å². The summed E-state index contributed by atoms with van der Waals surface area (Å²) < 4.78 is 1.88. The molecule has 0 radical (unpaired) electrons. The van der Waals surface area contributed by atoms with Gasteiger partial charge in [-0.05, 0) is 44.4 Å². The molecule has 0 bridgehead atoms. The molecule has 2 amide bonds. The highest BCUT2D eigenvalue weighted by Gasteiger charge is 2.21. The van der Waals surface area contributed by atoms with Crippen LogP contribution in [0.1, 0.15) is 28.3 Å². The Labute approximate surface area is 145 Å². The van der Waals surface area contributed by atoms with Gasteiger partial charge < -0.3 is 11.1 Å².